The number of nitrogens with zero attached hydrogens (tertiary/aromatic N) is 1. The van der Waals surface area contributed by atoms with Gasteiger partial charge in [-0.05, 0) is 30.5 Å². The van der Waals surface area contributed by atoms with Crippen molar-refractivity contribution >= 4 is 16.8 Å². The third-order valence-corrected chi connectivity index (χ3v) is 4.18. The van der Waals surface area contributed by atoms with Gasteiger partial charge in [-0.2, -0.15) is 0 Å². The Morgan fingerprint density at radius 3 is 2.61 bits per heavy atom. The number of benzene rings is 2. The largest absolute Gasteiger partial charge is 0.355 e. The van der Waals surface area contributed by atoms with Gasteiger partial charge in [0.15, 0.2) is 0 Å². The summed E-state index contributed by atoms with van der Waals surface area (Å²) >= 11 is 0. The van der Waals surface area contributed by atoms with E-state index < -0.39 is 0 Å². The lowest BCUT2D eigenvalue weighted by molar-refractivity contribution is -0.120. The molecular formula is C20H22N2O. The lowest BCUT2D eigenvalue weighted by atomic mass is 10.1. The van der Waals surface area contributed by atoms with Crippen molar-refractivity contribution in [3.63, 3.8) is 0 Å². The highest BCUT2D eigenvalue weighted by atomic mass is 16.1. The van der Waals surface area contributed by atoms with Crippen molar-refractivity contribution in [3.8, 4) is 0 Å². The molecule has 1 N–H and O–H groups in total. The molecule has 1 heterocycles. The maximum absolute atomic E-state index is 12.0. The fourth-order valence-corrected chi connectivity index (χ4v) is 2.92. The number of fused-ring (bicyclic) bond motifs is 1. The molecule has 0 aliphatic rings. The fourth-order valence-electron chi connectivity index (χ4n) is 2.92. The minimum Gasteiger partial charge on any atom is -0.355 e. The minimum absolute atomic E-state index is 0.0779. The van der Waals surface area contributed by atoms with Crippen LogP contribution in [0.5, 0.6) is 0 Å². The molecule has 0 spiro atoms. The maximum Gasteiger partial charge on any atom is 0.224 e. The molecule has 0 aliphatic heterocycles. The zero-order valence-electron chi connectivity index (χ0n) is 13.7. The number of carbonyl (C=O) groups excluding carboxylic acids is 1. The second-order valence-corrected chi connectivity index (χ2v) is 6.04. The zero-order chi connectivity index (χ0) is 16.2. The Hall–Kier alpha value is -2.55. The van der Waals surface area contributed by atoms with Crippen LogP contribution >= 0.6 is 0 Å². The number of rotatable bonds is 5. The Morgan fingerprint density at radius 2 is 1.83 bits per heavy atom. The van der Waals surface area contributed by atoms with Gasteiger partial charge in [0.1, 0.15) is 0 Å². The van der Waals surface area contributed by atoms with E-state index in [9.17, 15) is 4.79 Å². The number of aryl methyl sites for hydroxylation is 2. The van der Waals surface area contributed by atoms with Gasteiger partial charge in [-0.25, -0.2) is 0 Å². The quantitative estimate of drug-likeness (QED) is 0.770. The molecule has 2 aromatic carbocycles. The number of para-hydroxylation sites is 1. The molecule has 0 radical (unpaired) electrons. The Kier molecular flexibility index (Phi) is 4.47. The molecule has 3 aromatic rings. The van der Waals surface area contributed by atoms with Crippen LogP contribution in [0, 0.1) is 6.92 Å². The fraction of sp³-hybridized carbons (Fsp3) is 0.250. The van der Waals surface area contributed by atoms with Crippen LogP contribution in [0.25, 0.3) is 10.9 Å². The average Bonchev–Trinajstić information content (AvgIpc) is 2.87. The summed E-state index contributed by atoms with van der Waals surface area (Å²) in [5.74, 6) is 0.0779. The number of amides is 1. The lowest BCUT2D eigenvalue weighted by Crippen LogP contribution is -2.27. The van der Waals surface area contributed by atoms with E-state index in [4.69, 9.17) is 0 Å². The smallest absolute Gasteiger partial charge is 0.224 e. The lowest BCUT2D eigenvalue weighted by Gasteiger charge is -2.05. The van der Waals surface area contributed by atoms with E-state index in [1.165, 1.54) is 22.0 Å². The summed E-state index contributed by atoms with van der Waals surface area (Å²) in [6.07, 6.45) is 3.44. The third-order valence-electron chi connectivity index (χ3n) is 4.18. The first kappa shape index (κ1) is 15.3. The molecule has 1 aromatic heterocycles. The van der Waals surface area contributed by atoms with Crippen LogP contribution in [0.3, 0.4) is 0 Å². The number of carbonyl (C=O) groups is 1. The molecule has 3 nitrogen and oxygen atoms in total. The van der Waals surface area contributed by atoms with E-state index >= 15 is 0 Å². The van der Waals surface area contributed by atoms with Crippen molar-refractivity contribution in [1.82, 2.24) is 9.88 Å². The molecular weight excluding hydrogens is 284 g/mol. The van der Waals surface area contributed by atoms with Gasteiger partial charge in [0.25, 0.3) is 0 Å². The van der Waals surface area contributed by atoms with Crippen LogP contribution in [0.4, 0.5) is 0 Å². The van der Waals surface area contributed by atoms with Crippen molar-refractivity contribution in [1.29, 1.82) is 0 Å². The number of aromatic nitrogens is 1. The second kappa shape index (κ2) is 6.69. The normalized spacial score (nSPS) is 10.9. The first-order valence-corrected chi connectivity index (χ1v) is 7.98. The van der Waals surface area contributed by atoms with Gasteiger partial charge in [0.05, 0.1) is 6.42 Å². The molecule has 0 bridgehead atoms. The van der Waals surface area contributed by atoms with Crippen molar-refractivity contribution in [2.75, 3.05) is 6.54 Å². The maximum atomic E-state index is 12.0. The summed E-state index contributed by atoms with van der Waals surface area (Å²) < 4.78 is 2.14. The monoisotopic (exact) mass is 306 g/mol. The van der Waals surface area contributed by atoms with Gasteiger partial charge in [-0.3, -0.25) is 4.79 Å². The molecule has 1 amide bonds. The van der Waals surface area contributed by atoms with Crippen LogP contribution in [0.1, 0.15) is 16.7 Å². The van der Waals surface area contributed by atoms with E-state index in [2.05, 4.69) is 47.4 Å². The summed E-state index contributed by atoms with van der Waals surface area (Å²) in [7, 11) is 2.06. The minimum atomic E-state index is 0.0779. The molecule has 118 valence electrons. The van der Waals surface area contributed by atoms with E-state index in [0.717, 1.165) is 12.0 Å². The Balaban J connectivity index is 1.56. The first-order chi connectivity index (χ1) is 11.1. The van der Waals surface area contributed by atoms with Crippen molar-refractivity contribution in [2.24, 2.45) is 7.05 Å². The third kappa shape index (κ3) is 3.62. The van der Waals surface area contributed by atoms with Gasteiger partial charge < -0.3 is 9.88 Å². The van der Waals surface area contributed by atoms with Crippen LogP contribution in [0.2, 0.25) is 0 Å². The number of hydrogen-bond donors (Lipinski definition) is 1. The summed E-state index contributed by atoms with van der Waals surface area (Å²) in [4.78, 5) is 12.0. The summed E-state index contributed by atoms with van der Waals surface area (Å²) in [6, 6.07) is 16.5. The molecule has 0 fully saturated rings. The van der Waals surface area contributed by atoms with Crippen molar-refractivity contribution in [3.05, 3.63) is 71.4 Å². The molecule has 0 unspecified atom stereocenters. The van der Waals surface area contributed by atoms with E-state index in [1.807, 2.05) is 31.2 Å². The first-order valence-electron chi connectivity index (χ1n) is 7.98. The molecule has 0 saturated carbocycles. The molecule has 3 heteroatoms. The molecule has 3 rings (SSSR count). The number of nitrogens with one attached hydrogen (secondary N) is 1. The Bertz CT molecular complexity index is 815. The predicted octanol–water partition coefficient (Wildman–Crippen LogP) is 3.39. The molecule has 0 atom stereocenters. The Morgan fingerprint density at radius 1 is 1.09 bits per heavy atom. The van der Waals surface area contributed by atoms with E-state index in [-0.39, 0.29) is 5.91 Å². The predicted molar refractivity (Wildman–Crippen MR) is 94.5 cm³/mol. The zero-order valence-corrected chi connectivity index (χ0v) is 13.7. The van der Waals surface area contributed by atoms with Gasteiger partial charge in [0.2, 0.25) is 5.91 Å². The average molecular weight is 306 g/mol. The summed E-state index contributed by atoms with van der Waals surface area (Å²) in [5.41, 5.74) is 4.77. The molecule has 23 heavy (non-hydrogen) atoms. The van der Waals surface area contributed by atoms with Crippen molar-refractivity contribution in [2.45, 2.75) is 19.8 Å². The highest BCUT2D eigenvalue weighted by molar-refractivity contribution is 5.84. The van der Waals surface area contributed by atoms with Crippen LogP contribution in [0.15, 0.2) is 54.7 Å². The Labute approximate surface area is 136 Å². The topological polar surface area (TPSA) is 34.0 Å². The van der Waals surface area contributed by atoms with E-state index in [1.54, 1.807) is 0 Å². The van der Waals surface area contributed by atoms with Gasteiger partial charge in [0, 0.05) is 30.7 Å². The van der Waals surface area contributed by atoms with Gasteiger partial charge in [-0.1, -0.05) is 48.0 Å². The van der Waals surface area contributed by atoms with Crippen LogP contribution in [-0.4, -0.2) is 17.0 Å². The summed E-state index contributed by atoms with van der Waals surface area (Å²) in [5, 5.41) is 4.29. The highest BCUT2D eigenvalue weighted by Gasteiger charge is 2.07. The highest BCUT2D eigenvalue weighted by Crippen LogP contribution is 2.20. The van der Waals surface area contributed by atoms with Gasteiger partial charge >= 0.3 is 0 Å². The SMILES string of the molecule is Cc1ccc(CC(=O)NCCc2cn(C)c3ccccc23)cc1. The standard InChI is InChI=1S/C20H22N2O/c1-15-7-9-16(10-8-15)13-20(23)21-12-11-17-14-22(2)19-6-4-3-5-18(17)19/h3-10,14H,11-13H2,1-2H3,(H,21,23). The molecule has 0 saturated heterocycles. The number of hydrogen-bond acceptors (Lipinski definition) is 1. The molecule has 0 aliphatic carbocycles. The van der Waals surface area contributed by atoms with Crippen molar-refractivity contribution < 1.29 is 4.79 Å². The second-order valence-electron chi connectivity index (χ2n) is 6.04. The van der Waals surface area contributed by atoms with Crippen LogP contribution < -0.4 is 5.32 Å². The van der Waals surface area contributed by atoms with Gasteiger partial charge in [-0.15, -0.1) is 0 Å². The summed E-state index contributed by atoms with van der Waals surface area (Å²) in [6.45, 7) is 2.72. The van der Waals surface area contributed by atoms with Crippen LogP contribution in [-0.2, 0) is 24.7 Å². The van der Waals surface area contributed by atoms with E-state index in [0.29, 0.717) is 13.0 Å².